The molecule has 0 spiro atoms. The second-order valence-electron chi connectivity index (χ2n) is 3.82. The van der Waals surface area contributed by atoms with E-state index in [1.54, 1.807) is 36.7 Å². The van der Waals surface area contributed by atoms with E-state index < -0.39 is 6.04 Å². The number of aromatic nitrogens is 1. The van der Waals surface area contributed by atoms with Gasteiger partial charge in [-0.25, -0.2) is 4.98 Å². The number of carbonyl (C=O) groups excluding carboxylic acids is 1. The van der Waals surface area contributed by atoms with Gasteiger partial charge in [0.2, 0.25) is 5.91 Å². The van der Waals surface area contributed by atoms with Gasteiger partial charge in [-0.1, -0.05) is 23.2 Å². The van der Waals surface area contributed by atoms with Crippen LogP contribution in [-0.2, 0) is 4.79 Å². The minimum absolute atomic E-state index is 0.166. The van der Waals surface area contributed by atoms with Crippen LogP contribution >= 0.6 is 34.5 Å². The van der Waals surface area contributed by atoms with Crippen LogP contribution in [0.1, 0.15) is 6.92 Å². The Hall–Kier alpha value is -1.30. The average Bonchev–Trinajstić information content (AvgIpc) is 2.86. The highest BCUT2D eigenvalue weighted by molar-refractivity contribution is 7.13. The number of hydrogen-bond donors (Lipinski definition) is 2. The largest absolute Gasteiger partial charge is 0.374 e. The zero-order chi connectivity index (χ0) is 13.8. The molecule has 0 aliphatic rings. The minimum atomic E-state index is -0.416. The van der Waals surface area contributed by atoms with Gasteiger partial charge in [0, 0.05) is 17.3 Å². The highest BCUT2D eigenvalue weighted by Crippen LogP contribution is 2.25. The molecule has 1 atom stereocenters. The molecule has 2 N–H and O–H groups in total. The predicted molar refractivity (Wildman–Crippen MR) is 80.3 cm³/mol. The predicted octanol–water partition coefficient (Wildman–Crippen LogP) is 3.89. The molecule has 0 aliphatic carbocycles. The molecule has 2 aromatic rings. The lowest BCUT2D eigenvalue weighted by Crippen LogP contribution is -2.31. The number of nitrogens with zero attached hydrogens (tertiary/aromatic N) is 1. The van der Waals surface area contributed by atoms with E-state index in [0.29, 0.717) is 15.2 Å². The van der Waals surface area contributed by atoms with E-state index in [1.807, 2.05) is 0 Å². The van der Waals surface area contributed by atoms with Crippen molar-refractivity contribution in [1.82, 2.24) is 4.98 Å². The van der Waals surface area contributed by atoms with Crippen LogP contribution in [0.4, 0.5) is 10.8 Å². The number of benzene rings is 1. The summed E-state index contributed by atoms with van der Waals surface area (Å²) in [5.41, 5.74) is 0.733. The van der Waals surface area contributed by atoms with Crippen molar-refractivity contribution in [2.75, 3.05) is 10.6 Å². The van der Waals surface area contributed by atoms with Crippen LogP contribution in [0, 0.1) is 0 Å². The third-order valence-corrected chi connectivity index (χ3v) is 3.79. The smallest absolute Gasteiger partial charge is 0.248 e. The standard InChI is InChI=1S/C12H11Cl2N3OS/c1-7(11(18)17-12-15-4-5-19-12)16-8-2-3-9(13)10(14)6-8/h2-7,16H,1H3,(H,15,17,18)/t7-/m1/s1. The van der Waals surface area contributed by atoms with Gasteiger partial charge in [0.25, 0.3) is 0 Å². The number of nitrogens with one attached hydrogen (secondary N) is 2. The van der Waals surface area contributed by atoms with Crippen molar-refractivity contribution in [3.05, 3.63) is 39.8 Å². The Kier molecular flexibility index (Phi) is 4.63. The lowest BCUT2D eigenvalue weighted by atomic mass is 10.2. The van der Waals surface area contributed by atoms with Gasteiger partial charge in [-0.3, -0.25) is 4.79 Å². The van der Waals surface area contributed by atoms with Crippen molar-refractivity contribution in [3.8, 4) is 0 Å². The summed E-state index contributed by atoms with van der Waals surface area (Å²) in [6.45, 7) is 1.76. The maximum absolute atomic E-state index is 11.9. The lowest BCUT2D eigenvalue weighted by Gasteiger charge is -2.14. The molecular weight excluding hydrogens is 305 g/mol. The molecule has 0 unspecified atom stereocenters. The number of hydrogen-bond acceptors (Lipinski definition) is 4. The van der Waals surface area contributed by atoms with Crippen molar-refractivity contribution < 1.29 is 4.79 Å². The highest BCUT2D eigenvalue weighted by Gasteiger charge is 2.14. The Labute approximate surface area is 124 Å². The van der Waals surface area contributed by atoms with Crippen LogP contribution in [0.3, 0.4) is 0 Å². The van der Waals surface area contributed by atoms with Crippen molar-refractivity contribution in [2.45, 2.75) is 13.0 Å². The molecule has 1 amide bonds. The molecule has 7 heteroatoms. The van der Waals surface area contributed by atoms with Crippen LogP contribution in [0.2, 0.25) is 10.0 Å². The number of thiazole rings is 1. The van der Waals surface area contributed by atoms with Gasteiger partial charge in [-0.05, 0) is 25.1 Å². The molecular formula is C12H11Cl2N3OS. The molecule has 1 aromatic carbocycles. The molecule has 0 aliphatic heterocycles. The number of halogens is 2. The van der Waals surface area contributed by atoms with Gasteiger partial charge in [0.15, 0.2) is 5.13 Å². The SMILES string of the molecule is C[C@@H](Nc1ccc(Cl)c(Cl)c1)C(=O)Nc1nccs1. The second kappa shape index (κ2) is 6.23. The van der Waals surface area contributed by atoms with E-state index in [-0.39, 0.29) is 5.91 Å². The van der Waals surface area contributed by atoms with Crippen molar-refractivity contribution in [3.63, 3.8) is 0 Å². The first-order valence-corrected chi connectivity index (χ1v) is 7.12. The average molecular weight is 316 g/mol. The number of anilines is 2. The molecule has 1 heterocycles. The van der Waals surface area contributed by atoms with Gasteiger partial charge in [0.05, 0.1) is 10.0 Å². The zero-order valence-corrected chi connectivity index (χ0v) is 12.3. The second-order valence-corrected chi connectivity index (χ2v) is 5.53. The molecule has 0 saturated heterocycles. The zero-order valence-electron chi connectivity index (χ0n) is 9.98. The fraction of sp³-hybridized carbons (Fsp3) is 0.167. The number of carbonyl (C=O) groups is 1. The summed E-state index contributed by atoms with van der Waals surface area (Å²) in [6.07, 6.45) is 1.64. The Morgan fingerprint density at radius 2 is 2.16 bits per heavy atom. The first kappa shape index (κ1) is 14.1. The normalized spacial score (nSPS) is 11.9. The first-order chi connectivity index (χ1) is 9.06. The summed E-state index contributed by atoms with van der Waals surface area (Å²) in [4.78, 5) is 15.9. The maximum Gasteiger partial charge on any atom is 0.248 e. The Morgan fingerprint density at radius 3 is 2.79 bits per heavy atom. The van der Waals surface area contributed by atoms with Gasteiger partial charge < -0.3 is 10.6 Å². The van der Waals surface area contributed by atoms with E-state index in [0.717, 1.165) is 5.69 Å². The van der Waals surface area contributed by atoms with Crippen LogP contribution in [0.5, 0.6) is 0 Å². The molecule has 0 radical (unpaired) electrons. The molecule has 0 saturated carbocycles. The molecule has 2 rings (SSSR count). The number of rotatable bonds is 4. The summed E-state index contributed by atoms with van der Waals surface area (Å²) in [7, 11) is 0. The van der Waals surface area contributed by atoms with Gasteiger partial charge in [-0.2, -0.15) is 0 Å². The Bertz CT molecular complexity index is 574. The van der Waals surface area contributed by atoms with Crippen LogP contribution < -0.4 is 10.6 Å². The van der Waals surface area contributed by atoms with Crippen molar-refractivity contribution in [1.29, 1.82) is 0 Å². The van der Waals surface area contributed by atoms with E-state index in [4.69, 9.17) is 23.2 Å². The third kappa shape index (κ3) is 3.83. The Morgan fingerprint density at radius 1 is 1.37 bits per heavy atom. The third-order valence-electron chi connectivity index (χ3n) is 2.36. The van der Waals surface area contributed by atoms with Crippen LogP contribution in [-0.4, -0.2) is 16.9 Å². The molecule has 100 valence electrons. The summed E-state index contributed by atoms with van der Waals surface area (Å²) in [5, 5.41) is 9.06. The number of amides is 1. The highest BCUT2D eigenvalue weighted by atomic mass is 35.5. The fourth-order valence-corrected chi connectivity index (χ4v) is 2.23. The summed E-state index contributed by atoms with van der Waals surface area (Å²) < 4.78 is 0. The molecule has 1 aromatic heterocycles. The van der Waals surface area contributed by atoms with Crippen LogP contribution in [0.15, 0.2) is 29.8 Å². The van der Waals surface area contributed by atoms with Gasteiger partial charge >= 0.3 is 0 Å². The Balaban J connectivity index is 1.98. The van der Waals surface area contributed by atoms with Gasteiger partial charge in [0.1, 0.15) is 6.04 Å². The minimum Gasteiger partial charge on any atom is -0.374 e. The van der Waals surface area contributed by atoms with E-state index in [9.17, 15) is 4.79 Å². The van der Waals surface area contributed by atoms with E-state index >= 15 is 0 Å². The fourth-order valence-electron chi connectivity index (χ4n) is 1.40. The van der Waals surface area contributed by atoms with Crippen molar-refractivity contribution in [2.24, 2.45) is 0 Å². The lowest BCUT2D eigenvalue weighted by molar-refractivity contribution is -0.116. The molecule has 4 nitrogen and oxygen atoms in total. The quantitative estimate of drug-likeness (QED) is 0.900. The van der Waals surface area contributed by atoms with E-state index in [2.05, 4.69) is 15.6 Å². The molecule has 0 fully saturated rings. The van der Waals surface area contributed by atoms with E-state index in [1.165, 1.54) is 11.3 Å². The maximum atomic E-state index is 11.9. The topological polar surface area (TPSA) is 54.0 Å². The first-order valence-electron chi connectivity index (χ1n) is 5.48. The monoisotopic (exact) mass is 315 g/mol. The summed E-state index contributed by atoms with van der Waals surface area (Å²) in [6, 6.07) is 4.71. The van der Waals surface area contributed by atoms with Gasteiger partial charge in [-0.15, -0.1) is 11.3 Å². The molecule has 19 heavy (non-hydrogen) atoms. The summed E-state index contributed by atoms with van der Waals surface area (Å²) >= 11 is 13.1. The molecule has 0 bridgehead atoms. The summed E-state index contributed by atoms with van der Waals surface area (Å²) in [5.74, 6) is -0.166. The van der Waals surface area contributed by atoms with Crippen LogP contribution in [0.25, 0.3) is 0 Å². The van der Waals surface area contributed by atoms with Crippen molar-refractivity contribution >= 4 is 51.3 Å².